The lowest BCUT2D eigenvalue weighted by atomic mass is 10.0. The maximum atomic E-state index is 12.3. The number of amides is 1. The van der Waals surface area contributed by atoms with Crippen molar-refractivity contribution in [2.24, 2.45) is 0 Å². The number of rotatable bonds is 3. The highest BCUT2D eigenvalue weighted by atomic mass is 32.1. The third-order valence-electron chi connectivity index (χ3n) is 4.49. The predicted octanol–water partition coefficient (Wildman–Crippen LogP) is 1.99. The van der Waals surface area contributed by atoms with E-state index in [1.54, 1.807) is 4.68 Å². The van der Waals surface area contributed by atoms with Gasteiger partial charge in [0.15, 0.2) is 0 Å². The number of nitrogens with zero attached hydrogens (tertiary/aromatic N) is 3. The van der Waals surface area contributed by atoms with Crippen molar-refractivity contribution in [2.45, 2.75) is 37.6 Å². The van der Waals surface area contributed by atoms with E-state index in [0.717, 1.165) is 37.1 Å². The minimum absolute atomic E-state index is 0.0905. The molecular weight excluding hydrogens is 300 g/mol. The number of likely N-dealkylation sites (tertiary alicyclic amines) is 1. The number of carbonyl (C=O) groups excluding carboxylic acids is 1. The molecule has 4 rings (SSSR count). The van der Waals surface area contributed by atoms with Crippen LogP contribution in [0.1, 0.15) is 53.8 Å². The van der Waals surface area contributed by atoms with E-state index in [9.17, 15) is 9.59 Å². The van der Waals surface area contributed by atoms with Gasteiger partial charge in [-0.05, 0) is 37.1 Å². The van der Waals surface area contributed by atoms with E-state index in [2.05, 4.69) is 10.1 Å². The summed E-state index contributed by atoms with van der Waals surface area (Å²) in [5.41, 5.74) is 0.654. The van der Waals surface area contributed by atoms with Gasteiger partial charge in [0.2, 0.25) is 0 Å². The third-order valence-corrected chi connectivity index (χ3v) is 5.17. The van der Waals surface area contributed by atoms with E-state index in [0.29, 0.717) is 19.0 Å². The summed E-state index contributed by atoms with van der Waals surface area (Å²) in [6.07, 6.45) is 3.82. The van der Waals surface area contributed by atoms with Gasteiger partial charge in [0, 0.05) is 24.4 Å². The lowest BCUT2D eigenvalue weighted by Crippen LogP contribution is -2.40. The maximum Gasteiger partial charge on any atom is 0.343 e. The smallest absolute Gasteiger partial charge is 0.338 e. The molecule has 1 saturated heterocycles. The molecule has 2 fully saturated rings. The molecular formula is C15H18N4O2S. The van der Waals surface area contributed by atoms with Crippen LogP contribution >= 0.6 is 11.3 Å². The number of carbonyl (C=O) groups is 1. The van der Waals surface area contributed by atoms with Gasteiger partial charge in [0.1, 0.15) is 5.82 Å². The molecule has 1 N–H and O–H groups in total. The number of nitrogens with one attached hydrogen (secondary N) is 1. The average Bonchev–Trinajstić information content (AvgIpc) is 3.10. The summed E-state index contributed by atoms with van der Waals surface area (Å²) in [6.45, 7) is 1.36. The summed E-state index contributed by atoms with van der Waals surface area (Å²) in [5, 5.41) is 8.26. The Kier molecular flexibility index (Phi) is 3.37. The van der Waals surface area contributed by atoms with Gasteiger partial charge >= 0.3 is 5.69 Å². The SMILES string of the molecule is O=C(c1ccsc1)N1CCC(n2nc(C3CC3)[nH]c2=O)CC1. The molecule has 22 heavy (non-hydrogen) atoms. The lowest BCUT2D eigenvalue weighted by Gasteiger charge is -2.31. The molecule has 7 heteroatoms. The standard InChI is InChI=1S/C15H18N4O2S/c20-14(11-5-8-22-9-11)18-6-3-12(4-7-18)19-15(21)16-13(17-19)10-1-2-10/h5,8-10,12H,1-4,6-7H2,(H,16,17,21). The molecule has 6 nitrogen and oxygen atoms in total. The topological polar surface area (TPSA) is 71.0 Å². The fourth-order valence-electron chi connectivity index (χ4n) is 3.02. The van der Waals surface area contributed by atoms with Crippen LogP contribution in [0.5, 0.6) is 0 Å². The van der Waals surface area contributed by atoms with Crippen LogP contribution < -0.4 is 5.69 Å². The first-order chi connectivity index (χ1) is 10.7. The molecule has 2 aromatic heterocycles. The number of aromatic nitrogens is 3. The van der Waals surface area contributed by atoms with Crippen LogP contribution in [0.3, 0.4) is 0 Å². The fraction of sp³-hybridized carbons (Fsp3) is 0.533. The molecule has 3 heterocycles. The fourth-order valence-corrected chi connectivity index (χ4v) is 3.65. The molecule has 1 saturated carbocycles. The minimum atomic E-state index is -0.107. The second-order valence-electron chi connectivity index (χ2n) is 6.07. The quantitative estimate of drug-likeness (QED) is 0.941. The molecule has 0 aromatic carbocycles. The van der Waals surface area contributed by atoms with Crippen LogP contribution in [-0.4, -0.2) is 38.7 Å². The number of hydrogen-bond acceptors (Lipinski definition) is 4. The Labute approximate surface area is 131 Å². The number of thiophene rings is 1. The normalized spacial score (nSPS) is 19.5. The van der Waals surface area contributed by atoms with E-state index in [1.807, 2.05) is 21.7 Å². The predicted molar refractivity (Wildman–Crippen MR) is 83.3 cm³/mol. The van der Waals surface area contributed by atoms with Crippen LogP contribution in [0.4, 0.5) is 0 Å². The summed E-state index contributed by atoms with van der Waals surface area (Å²) >= 11 is 1.54. The highest BCUT2D eigenvalue weighted by Crippen LogP contribution is 2.37. The van der Waals surface area contributed by atoms with E-state index in [1.165, 1.54) is 11.3 Å². The van der Waals surface area contributed by atoms with Gasteiger partial charge in [-0.1, -0.05) is 0 Å². The van der Waals surface area contributed by atoms with Gasteiger partial charge in [0.25, 0.3) is 5.91 Å². The van der Waals surface area contributed by atoms with Gasteiger partial charge in [-0.25, -0.2) is 9.48 Å². The van der Waals surface area contributed by atoms with Gasteiger partial charge in [-0.2, -0.15) is 16.4 Å². The molecule has 2 aromatic rings. The van der Waals surface area contributed by atoms with Crippen LogP contribution in [0.25, 0.3) is 0 Å². The number of aromatic amines is 1. The van der Waals surface area contributed by atoms with Crippen molar-refractivity contribution in [3.8, 4) is 0 Å². The molecule has 0 bridgehead atoms. The van der Waals surface area contributed by atoms with Crippen LogP contribution in [-0.2, 0) is 0 Å². The second kappa shape index (κ2) is 5.39. The summed E-state index contributed by atoms with van der Waals surface area (Å²) in [5.74, 6) is 1.38. The summed E-state index contributed by atoms with van der Waals surface area (Å²) in [7, 11) is 0. The second-order valence-corrected chi connectivity index (χ2v) is 6.85. The van der Waals surface area contributed by atoms with Crippen molar-refractivity contribution in [2.75, 3.05) is 13.1 Å². The number of H-pyrrole nitrogens is 1. The lowest BCUT2D eigenvalue weighted by molar-refractivity contribution is 0.0689. The van der Waals surface area contributed by atoms with Crippen LogP contribution in [0.15, 0.2) is 21.6 Å². The summed E-state index contributed by atoms with van der Waals surface area (Å²) in [4.78, 5) is 29.1. The van der Waals surface area contributed by atoms with E-state index in [-0.39, 0.29) is 17.6 Å². The zero-order valence-electron chi connectivity index (χ0n) is 12.2. The molecule has 0 spiro atoms. The van der Waals surface area contributed by atoms with Crippen LogP contribution in [0, 0.1) is 0 Å². The number of hydrogen-bond donors (Lipinski definition) is 1. The first kappa shape index (κ1) is 13.8. The van der Waals surface area contributed by atoms with Crippen molar-refractivity contribution in [3.05, 3.63) is 38.7 Å². The highest BCUT2D eigenvalue weighted by molar-refractivity contribution is 7.08. The first-order valence-electron chi connectivity index (χ1n) is 7.72. The molecule has 116 valence electrons. The molecule has 1 amide bonds. The Morgan fingerprint density at radius 1 is 1.27 bits per heavy atom. The van der Waals surface area contributed by atoms with Crippen molar-refractivity contribution < 1.29 is 4.79 Å². The Bertz CT molecular complexity index is 721. The minimum Gasteiger partial charge on any atom is -0.338 e. The zero-order chi connectivity index (χ0) is 15.1. The van der Waals surface area contributed by atoms with E-state index < -0.39 is 0 Å². The average molecular weight is 318 g/mol. The molecule has 1 aliphatic heterocycles. The summed E-state index contributed by atoms with van der Waals surface area (Å²) < 4.78 is 1.60. The Morgan fingerprint density at radius 2 is 2.05 bits per heavy atom. The number of piperidine rings is 1. The third kappa shape index (κ3) is 2.49. The molecule has 0 atom stereocenters. The van der Waals surface area contributed by atoms with Gasteiger partial charge in [-0.3, -0.25) is 9.78 Å². The Hall–Kier alpha value is -1.89. The molecule has 1 aliphatic carbocycles. The highest BCUT2D eigenvalue weighted by Gasteiger charge is 2.30. The maximum absolute atomic E-state index is 12.3. The summed E-state index contributed by atoms with van der Waals surface area (Å²) in [6, 6.07) is 1.96. The molecule has 2 aliphatic rings. The van der Waals surface area contributed by atoms with Crippen LogP contribution in [0.2, 0.25) is 0 Å². The van der Waals surface area contributed by atoms with Crippen molar-refractivity contribution >= 4 is 17.2 Å². The Balaban J connectivity index is 1.43. The monoisotopic (exact) mass is 318 g/mol. The molecule has 0 unspecified atom stereocenters. The van der Waals surface area contributed by atoms with Gasteiger partial charge < -0.3 is 4.90 Å². The van der Waals surface area contributed by atoms with E-state index >= 15 is 0 Å². The van der Waals surface area contributed by atoms with Gasteiger partial charge in [0.05, 0.1) is 11.6 Å². The van der Waals surface area contributed by atoms with Crippen molar-refractivity contribution in [3.63, 3.8) is 0 Å². The first-order valence-corrected chi connectivity index (χ1v) is 8.67. The van der Waals surface area contributed by atoms with Crippen molar-refractivity contribution in [1.82, 2.24) is 19.7 Å². The molecule has 0 radical (unpaired) electrons. The van der Waals surface area contributed by atoms with E-state index in [4.69, 9.17) is 0 Å². The zero-order valence-corrected chi connectivity index (χ0v) is 13.0. The largest absolute Gasteiger partial charge is 0.343 e. The van der Waals surface area contributed by atoms with Gasteiger partial charge in [-0.15, -0.1) is 0 Å². The Morgan fingerprint density at radius 3 is 2.68 bits per heavy atom. The van der Waals surface area contributed by atoms with Crippen molar-refractivity contribution in [1.29, 1.82) is 0 Å².